The number of carbonyl (C=O) groups is 1. The Kier molecular flexibility index (Phi) is 3.11. The predicted molar refractivity (Wildman–Crippen MR) is 68.3 cm³/mol. The lowest BCUT2D eigenvalue weighted by atomic mass is 10.0. The fourth-order valence-corrected chi connectivity index (χ4v) is 1.66. The van der Waals surface area contributed by atoms with E-state index in [4.69, 9.17) is 11.2 Å². The summed E-state index contributed by atoms with van der Waals surface area (Å²) >= 11 is 0. The van der Waals surface area contributed by atoms with Gasteiger partial charge in [0.05, 0.1) is 0 Å². The zero-order valence-electron chi connectivity index (χ0n) is 9.57. The van der Waals surface area contributed by atoms with Gasteiger partial charge in [-0.1, -0.05) is 24.1 Å². The molecule has 0 saturated carbocycles. The van der Waals surface area contributed by atoms with Crippen LogP contribution in [0.25, 0.3) is 10.8 Å². The second-order valence-electron chi connectivity index (χ2n) is 3.77. The molecule has 0 aliphatic rings. The van der Waals surface area contributed by atoms with Crippen molar-refractivity contribution in [1.29, 1.82) is 0 Å². The van der Waals surface area contributed by atoms with Gasteiger partial charge in [0, 0.05) is 5.56 Å². The van der Waals surface area contributed by atoms with Crippen LogP contribution < -0.4 is 4.74 Å². The van der Waals surface area contributed by atoms with Gasteiger partial charge in [-0.2, -0.15) is 0 Å². The Balaban J connectivity index is 2.40. The number of ketones is 1. The summed E-state index contributed by atoms with van der Waals surface area (Å²) in [5.74, 6) is 3.23. The number of carbonyl (C=O) groups excluding carboxylic acids is 1. The van der Waals surface area contributed by atoms with E-state index in [1.54, 1.807) is 6.92 Å². The maximum atomic E-state index is 11.3. The molecule has 0 heterocycles. The Bertz CT molecular complexity index is 606. The lowest BCUT2D eigenvalue weighted by molar-refractivity contribution is 0.101. The van der Waals surface area contributed by atoms with Gasteiger partial charge in [-0.15, -0.1) is 6.42 Å². The van der Waals surface area contributed by atoms with Crippen molar-refractivity contribution < 1.29 is 9.53 Å². The van der Waals surface area contributed by atoms with E-state index in [2.05, 4.69) is 5.92 Å². The van der Waals surface area contributed by atoms with Gasteiger partial charge in [0.2, 0.25) is 0 Å². The molecule has 17 heavy (non-hydrogen) atoms. The molecule has 0 radical (unpaired) electrons. The van der Waals surface area contributed by atoms with Crippen LogP contribution in [-0.4, -0.2) is 12.4 Å². The molecule has 2 nitrogen and oxygen atoms in total. The summed E-state index contributed by atoms with van der Waals surface area (Å²) in [5.41, 5.74) is 0.717. The maximum absolute atomic E-state index is 11.3. The van der Waals surface area contributed by atoms with Crippen LogP contribution >= 0.6 is 0 Å². The van der Waals surface area contributed by atoms with Gasteiger partial charge in [0.15, 0.2) is 5.78 Å². The first-order valence-electron chi connectivity index (χ1n) is 5.32. The van der Waals surface area contributed by atoms with Crippen LogP contribution in [0.2, 0.25) is 0 Å². The molecule has 0 N–H and O–H groups in total. The summed E-state index contributed by atoms with van der Waals surface area (Å²) in [6, 6.07) is 11.3. The van der Waals surface area contributed by atoms with Gasteiger partial charge in [0.25, 0.3) is 0 Å². The maximum Gasteiger partial charge on any atom is 0.159 e. The minimum atomic E-state index is 0.0690. The Morgan fingerprint density at radius 1 is 1.24 bits per heavy atom. The molecule has 2 heteroatoms. The molecule has 0 saturated heterocycles. The lowest BCUT2D eigenvalue weighted by Gasteiger charge is -2.05. The molecule has 2 rings (SSSR count). The SMILES string of the molecule is C#CCOc1ccc2cc(C(C)=O)ccc2c1. The number of Topliss-reactive ketones (excluding diaryl/α,β-unsaturated/α-hetero) is 1. The molecule has 0 fully saturated rings. The number of ether oxygens (including phenoxy) is 1. The molecule has 0 aromatic heterocycles. The molecular weight excluding hydrogens is 212 g/mol. The number of terminal acetylenes is 1. The second kappa shape index (κ2) is 4.71. The topological polar surface area (TPSA) is 26.3 Å². The monoisotopic (exact) mass is 224 g/mol. The zero-order chi connectivity index (χ0) is 12.3. The van der Waals surface area contributed by atoms with Crippen LogP contribution in [0.15, 0.2) is 36.4 Å². The number of fused-ring (bicyclic) bond motifs is 1. The van der Waals surface area contributed by atoms with Gasteiger partial charge < -0.3 is 4.74 Å². The molecular formula is C15H12O2. The lowest BCUT2D eigenvalue weighted by Crippen LogP contribution is -1.94. The standard InChI is InChI=1S/C15H12O2/c1-3-8-17-15-7-6-13-9-12(11(2)16)4-5-14(13)10-15/h1,4-7,9-10H,8H2,2H3. The highest BCUT2D eigenvalue weighted by molar-refractivity contribution is 5.98. The third-order valence-corrected chi connectivity index (χ3v) is 2.54. The number of hydrogen-bond donors (Lipinski definition) is 0. The van der Waals surface area contributed by atoms with Crippen molar-refractivity contribution in [3.05, 3.63) is 42.0 Å². The van der Waals surface area contributed by atoms with Crippen LogP contribution in [0, 0.1) is 12.3 Å². The van der Waals surface area contributed by atoms with Gasteiger partial charge in [-0.05, 0) is 35.9 Å². The van der Waals surface area contributed by atoms with Crippen molar-refractivity contribution in [3.8, 4) is 18.1 Å². The molecule has 0 amide bonds. The minimum absolute atomic E-state index is 0.0690. The van der Waals surface area contributed by atoms with Crippen molar-refractivity contribution >= 4 is 16.6 Å². The summed E-state index contributed by atoms with van der Waals surface area (Å²) in [6.45, 7) is 1.82. The van der Waals surface area contributed by atoms with E-state index < -0.39 is 0 Å². The first kappa shape index (κ1) is 11.2. The van der Waals surface area contributed by atoms with Gasteiger partial charge >= 0.3 is 0 Å². The summed E-state index contributed by atoms with van der Waals surface area (Å²) in [6.07, 6.45) is 5.13. The molecule has 0 atom stereocenters. The number of hydrogen-bond acceptors (Lipinski definition) is 2. The Hall–Kier alpha value is -2.27. The highest BCUT2D eigenvalue weighted by Crippen LogP contribution is 2.22. The van der Waals surface area contributed by atoms with Gasteiger partial charge in [0.1, 0.15) is 12.4 Å². The predicted octanol–water partition coefficient (Wildman–Crippen LogP) is 3.05. The van der Waals surface area contributed by atoms with E-state index in [1.165, 1.54) is 0 Å². The normalized spacial score (nSPS) is 9.88. The van der Waals surface area contributed by atoms with Crippen LogP contribution in [0.3, 0.4) is 0 Å². The number of rotatable bonds is 3. The Morgan fingerprint density at radius 3 is 2.65 bits per heavy atom. The van der Waals surface area contributed by atoms with E-state index in [0.29, 0.717) is 0 Å². The van der Waals surface area contributed by atoms with Crippen molar-refractivity contribution in [1.82, 2.24) is 0 Å². The molecule has 84 valence electrons. The molecule has 0 aliphatic heterocycles. The average Bonchev–Trinajstić information content (AvgIpc) is 2.35. The highest BCUT2D eigenvalue weighted by atomic mass is 16.5. The quantitative estimate of drug-likeness (QED) is 0.591. The smallest absolute Gasteiger partial charge is 0.159 e. The van der Waals surface area contributed by atoms with E-state index in [9.17, 15) is 4.79 Å². The summed E-state index contributed by atoms with van der Waals surface area (Å²) in [5, 5.41) is 2.05. The molecule has 0 unspecified atom stereocenters. The van der Waals surface area contributed by atoms with Gasteiger partial charge in [-0.3, -0.25) is 4.79 Å². The highest BCUT2D eigenvalue weighted by Gasteiger charge is 2.02. The van der Waals surface area contributed by atoms with Crippen molar-refractivity contribution in [2.75, 3.05) is 6.61 Å². The largest absolute Gasteiger partial charge is 0.481 e. The van der Waals surface area contributed by atoms with E-state index >= 15 is 0 Å². The Labute approximate surface area is 100 Å². The van der Waals surface area contributed by atoms with Gasteiger partial charge in [-0.25, -0.2) is 0 Å². The molecule has 2 aromatic carbocycles. The average molecular weight is 224 g/mol. The van der Waals surface area contributed by atoms with E-state index in [1.807, 2.05) is 36.4 Å². The fraction of sp³-hybridized carbons (Fsp3) is 0.133. The summed E-state index contributed by atoms with van der Waals surface area (Å²) in [4.78, 5) is 11.3. The summed E-state index contributed by atoms with van der Waals surface area (Å²) < 4.78 is 5.34. The van der Waals surface area contributed by atoms with Crippen molar-refractivity contribution in [2.45, 2.75) is 6.92 Å². The molecule has 0 spiro atoms. The second-order valence-corrected chi connectivity index (χ2v) is 3.77. The van der Waals surface area contributed by atoms with Crippen LogP contribution in [0.1, 0.15) is 17.3 Å². The van der Waals surface area contributed by atoms with Crippen molar-refractivity contribution in [2.24, 2.45) is 0 Å². The first-order valence-corrected chi connectivity index (χ1v) is 5.32. The van der Waals surface area contributed by atoms with Crippen molar-refractivity contribution in [3.63, 3.8) is 0 Å². The molecule has 0 bridgehead atoms. The zero-order valence-corrected chi connectivity index (χ0v) is 9.57. The summed E-state index contributed by atoms with van der Waals surface area (Å²) in [7, 11) is 0. The first-order chi connectivity index (χ1) is 8.20. The minimum Gasteiger partial charge on any atom is -0.481 e. The van der Waals surface area contributed by atoms with E-state index in [-0.39, 0.29) is 12.4 Å². The fourth-order valence-electron chi connectivity index (χ4n) is 1.66. The third-order valence-electron chi connectivity index (χ3n) is 2.54. The van der Waals surface area contributed by atoms with E-state index in [0.717, 1.165) is 22.1 Å². The van der Waals surface area contributed by atoms with Crippen LogP contribution in [-0.2, 0) is 0 Å². The third kappa shape index (κ3) is 2.46. The Morgan fingerprint density at radius 2 is 1.94 bits per heavy atom. The molecule has 0 aliphatic carbocycles. The number of benzene rings is 2. The van der Waals surface area contributed by atoms with Crippen LogP contribution in [0.5, 0.6) is 5.75 Å². The molecule has 2 aromatic rings. The van der Waals surface area contributed by atoms with Crippen LogP contribution in [0.4, 0.5) is 0 Å².